The summed E-state index contributed by atoms with van der Waals surface area (Å²) in [7, 11) is 0. The molecule has 2 rings (SSSR count). The van der Waals surface area contributed by atoms with E-state index in [1.54, 1.807) is 10.7 Å². The van der Waals surface area contributed by atoms with Crippen LogP contribution in [0.25, 0.3) is 0 Å². The van der Waals surface area contributed by atoms with Crippen LogP contribution >= 0.6 is 0 Å². The molecule has 0 aliphatic heterocycles. The second kappa shape index (κ2) is 6.42. The summed E-state index contributed by atoms with van der Waals surface area (Å²) in [5.74, 6) is -0.642. The number of amides is 1. The van der Waals surface area contributed by atoms with Crippen molar-refractivity contribution in [2.24, 2.45) is 0 Å². The van der Waals surface area contributed by atoms with Gasteiger partial charge in [-0.05, 0) is 26.8 Å². The fourth-order valence-electron chi connectivity index (χ4n) is 2.11. The molecule has 8 nitrogen and oxygen atoms in total. The average molecular weight is 305 g/mol. The minimum absolute atomic E-state index is 0.0656. The average Bonchev–Trinajstić information content (AvgIpc) is 3.02. The Balaban J connectivity index is 1.99. The van der Waals surface area contributed by atoms with Crippen LogP contribution in [-0.2, 0) is 11.3 Å². The van der Waals surface area contributed by atoms with Crippen molar-refractivity contribution in [1.29, 1.82) is 0 Å². The lowest BCUT2D eigenvalue weighted by Gasteiger charge is -2.12. The Morgan fingerprint density at radius 1 is 1.41 bits per heavy atom. The van der Waals surface area contributed by atoms with Gasteiger partial charge in [0.1, 0.15) is 11.5 Å². The van der Waals surface area contributed by atoms with Gasteiger partial charge in [0, 0.05) is 24.7 Å². The van der Waals surface area contributed by atoms with Gasteiger partial charge >= 0.3 is 5.97 Å². The Morgan fingerprint density at radius 3 is 2.77 bits per heavy atom. The topological polar surface area (TPSA) is 102 Å². The maximum atomic E-state index is 12.0. The van der Waals surface area contributed by atoms with E-state index in [0.29, 0.717) is 5.82 Å². The molecule has 0 spiro atoms. The van der Waals surface area contributed by atoms with Crippen LogP contribution in [0, 0.1) is 6.92 Å². The van der Waals surface area contributed by atoms with Crippen molar-refractivity contribution in [2.45, 2.75) is 39.8 Å². The van der Waals surface area contributed by atoms with Gasteiger partial charge in [0.15, 0.2) is 0 Å². The Hall–Kier alpha value is -2.64. The third kappa shape index (κ3) is 3.51. The number of nitrogens with zero attached hydrogens (tertiary/aromatic N) is 4. The molecule has 0 saturated carbocycles. The second-order valence-electron chi connectivity index (χ2n) is 5.25. The molecule has 0 bridgehead atoms. The number of carboxylic acids is 1. The first-order valence-corrected chi connectivity index (χ1v) is 6.99. The summed E-state index contributed by atoms with van der Waals surface area (Å²) in [5, 5.41) is 20.0. The van der Waals surface area contributed by atoms with Crippen LogP contribution in [0.15, 0.2) is 18.3 Å². The molecule has 0 aliphatic rings. The van der Waals surface area contributed by atoms with Gasteiger partial charge in [-0.15, -0.1) is 0 Å². The van der Waals surface area contributed by atoms with Gasteiger partial charge in [0.05, 0.1) is 12.2 Å². The summed E-state index contributed by atoms with van der Waals surface area (Å²) >= 11 is 0. The Morgan fingerprint density at radius 2 is 2.14 bits per heavy atom. The lowest BCUT2D eigenvalue weighted by Crippen LogP contribution is -2.19. The normalized spacial score (nSPS) is 10.9. The fourth-order valence-corrected chi connectivity index (χ4v) is 2.11. The molecule has 0 fully saturated rings. The summed E-state index contributed by atoms with van der Waals surface area (Å²) < 4.78 is 3.04. The van der Waals surface area contributed by atoms with Crippen molar-refractivity contribution >= 4 is 17.7 Å². The number of nitrogens with one attached hydrogen (secondary N) is 1. The van der Waals surface area contributed by atoms with E-state index in [4.69, 9.17) is 5.11 Å². The summed E-state index contributed by atoms with van der Waals surface area (Å²) in [6, 6.07) is 3.33. The number of carbonyl (C=O) groups is 2. The minimum atomic E-state index is -1.06. The Bertz CT molecular complexity index is 686. The second-order valence-corrected chi connectivity index (χ2v) is 5.25. The van der Waals surface area contributed by atoms with Crippen LogP contribution in [0.3, 0.4) is 0 Å². The summed E-state index contributed by atoms with van der Waals surface area (Å²) in [6.07, 6.45) is 1.53. The first-order valence-electron chi connectivity index (χ1n) is 6.99. The summed E-state index contributed by atoms with van der Waals surface area (Å²) in [5.41, 5.74) is 0.889. The largest absolute Gasteiger partial charge is 0.477 e. The number of rotatable bonds is 6. The molecule has 0 unspecified atom stereocenters. The molecule has 0 aliphatic carbocycles. The highest BCUT2D eigenvalue weighted by molar-refractivity contribution is 5.90. The number of aryl methyl sites for hydroxylation is 2. The Labute approximate surface area is 127 Å². The van der Waals surface area contributed by atoms with Crippen molar-refractivity contribution in [3.63, 3.8) is 0 Å². The molecule has 22 heavy (non-hydrogen) atoms. The zero-order chi connectivity index (χ0) is 16.3. The minimum Gasteiger partial charge on any atom is -0.477 e. The molecular weight excluding hydrogens is 286 g/mol. The predicted molar refractivity (Wildman–Crippen MR) is 79.8 cm³/mol. The molecule has 1 amide bonds. The zero-order valence-corrected chi connectivity index (χ0v) is 12.8. The molecule has 118 valence electrons. The van der Waals surface area contributed by atoms with Crippen LogP contribution in [0.4, 0.5) is 5.82 Å². The number of anilines is 1. The first kappa shape index (κ1) is 15.7. The number of hydrogen-bond donors (Lipinski definition) is 2. The van der Waals surface area contributed by atoms with E-state index in [-0.39, 0.29) is 30.6 Å². The number of hydrogen-bond acceptors (Lipinski definition) is 4. The highest BCUT2D eigenvalue weighted by Crippen LogP contribution is 2.16. The van der Waals surface area contributed by atoms with E-state index < -0.39 is 5.97 Å². The molecular formula is C14H19N5O3. The third-order valence-electron chi connectivity index (χ3n) is 3.10. The van der Waals surface area contributed by atoms with Crippen LogP contribution in [0.2, 0.25) is 0 Å². The van der Waals surface area contributed by atoms with Crippen LogP contribution < -0.4 is 5.32 Å². The monoisotopic (exact) mass is 305 g/mol. The lowest BCUT2D eigenvalue weighted by molar-refractivity contribution is -0.116. The quantitative estimate of drug-likeness (QED) is 0.845. The van der Waals surface area contributed by atoms with E-state index in [1.165, 1.54) is 16.9 Å². The molecule has 2 aromatic heterocycles. The van der Waals surface area contributed by atoms with Crippen molar-refractivity contribution in [2.75, 3.05) is 5.32 Å². The van der Waals surface area contributed by atoms with Gasteiger partial charge in [0.25, 0.3) is 0 Å². The van der Waals surface area contributed by atoms with Gasteiger partial charge in [0.2, 0.25) is 5.91 Å². The first-order chi connectivity index (χ1) is 10.4. The van der Waals surface area contributed by atoms with Crippen molar-refractivity contribution in [3.05, 3.63) is 29.7 Å². The van der Waals surface area contributed by atoms with Crippen LogP contribution in [0.5, 0.6) is 0 Å². The van der Waals surface area contributed by atoms with E-state index in [0.717, 1.165) is 5.69 Å². The predicted octanol–water partition coefficient (Wildman–Crippen LogP) is 1.70. The highest BCUT2D eigenvalue weighted by Gasteiger charge is 2.14. The number of carbonyl (C=O) groups excluding carboxylic acids is 1. The molecule has 0 aromatic carbocycles. The maximum Gasteiger partial charge on any atom is 0.354 e. The molecule has 2 N–H and O–H groups in total. The van der Waals surface area contributed by atoms with Gasteiger partial charge in [-0.1, -0.05) is 0 Å². The van der Waals surface area contributed by atoms with E-state index in [1.807, 2.05) is 20.8 Å². The fraction of sp³-hybridized carbons (Fsp3) is 0.429. The zero-order valence-electron chi connectivity index (χ0n) is 12.8. The van der Waals surface area contributed by atoms with E-state index in [9.17, 15) is 9.59 Å². The molecule has 8 heteroatoms. The smallest absolute Gasteiger partial charge is 0.354 e. The third-order valence-corrected chi connectivity index (χ3v) is 3.10. The molecule has 0 atom stereocenters. The SMILES string of the molecule is Cc1cc(NC(=O)CCn2nccc2C(=O)O)n(C(C)C)n1. The van der Waals surface area contributed by atoms with Crippen molar-refractivity contribution < 1.29 is 14.7 Å². The van der Waals surface area contributed by atoms with Gasteiger partial charge in [-0.2, -0.15) is 10.2 Å². The molecule has 0 radical (unpaired) electrons. The van der Waals surface area contributed by atoms with Gasteiger partial charge in [-0.3, -0.25) is 9.48 Å². The van der Waals surface area contributed by atoms with Crippen molar-refractivity contribution in [1.82, 2.24) is 19.6 Å². The highest BCUT2D eigenvalue weighted by atomic mass is 16.4. The van der Waals surface area contributed by atoms with E-state index in [2.05, 4.69) is 15.5 Å². The van der Waals surface area contributed by atoms with Gasteiger partial charge < -0.3 is 10.4 Å². The Kier molecular flexibility index (Phi) is 4.59. The van der Waals surface area contributed by atoms with Crippen molar-refractivity contribution in [3.8, 4) is 0 Å². The standard InChI is InChI=1S/C14H19N5O3/c1-9(2)19-12(8-10(3)17-19)16-13(20)5-7-18-11(14(21)22)4-6-15-18/h4,6,8-9H,5,7H2,1-3H3,(H,16,20)(H,21,22). The maximum absolute atomic E-state index is 12.0. The number of carboxylic acid groups (broad SMARTS) is 1. The number of aromatic nitrogens is 4. The summed E-state index contributed by atoms with van der Waals surface area (Å²) in [4.78, 5) is 23.0. The number of aromatic carboxylic acids is 1. The summed E-state index contributed by atoms with van der Waals surface area (Å²) in [6.45, 7) is 6.02. The van der Waals surface area contributed by atoms with Gasteiger partial charge in [-0.25, -0.2) is 9.48 Å². The molecule has 0 saturated heterocycles. The molecule has 2 aromatic rings. The van der Waals surface area contributed by atoms with E-state index >= 15 is 0 Å². The molecule has 2 heterocycles. The van der Waals surface area contributed by atoms with Crippen LogP contribution in [0.1, 0.15) is 42.5 Å². The van der Waals surface area contributed by atoms with Crippen LogP contribution in [-0.4, -0.2) is 36.5 Å². The lowest BCUT2D eigenvalue weighted by atomic mass is 10.3.